The standard InChI is InChI=1S/C20H18ClNO4/c1-11-4-12(2)6-14(5-11)22-19(23)10-25-18-9-17-15(8-16(18)21)13(3)7-20(24)26-17/h4-9H,10H2,1-3H3,(H,22,23). The zero-order valence-electron chi connectivity index (χ0n) is 14.7. The van der Waals surface area contributed by atoms with Crippen molar-refractivity contribution in [1.29, 1.82) is 0 Å². The molecule has 0 fully saturated rings. The largest absolute Gasteiger partial charge is 0.482 e. The van der Waals surface area contributed by atoms with Crippen molar-refractivity contribution in [2.24, 2.45) is 0 Å². The highest BCUT2D eigenvalue weighted by molar-refractivity contribution is 6.32. The van der Waals surface area contributed by atoms with Crippen LogP contribution >= 0.6 is 11.6 Å². The Morgan fingerprint density at radius 2 is 1.77 bits per heavy atom. The molecule has 3 aromatic rings. The second-order valence-electron chi connectivity index (χ2n) is 6.24. The molecule has 1 N–H and O–H groups in total. The molecule has 1 aromatic heterocycles. The van der Waals surface area contributed by atoms with Crippen LogP contribution in [-0.4, -0.2) is 12.5 Å². The number of carbonyl (C=O) groups is 1. The van der Waals surface area contributed by atoms with Gasteiger partial charge < -0.3 is 14.5 Å². The first-order chi connectivity index (χ1) is 12.3. The highest BCUT2D eigenvalue weighted by atomic mass is 35.5. The molecule has 5 nitrogen and oxygen atoms in total. The third-order valence-corrected chi connectivity index (χ3v) is 4.16. The SMILES string of the molecule is Cc1cc(C)cc(NC(=O)COc2cc3oc(=O)cc(C)c3cc2Cl)c1. The maximum atomic E-state index is 12.1. The lowest BCUT2D eigenvalue weighted by molar-refractivity contribution is -0.118. The van der Waals surface area contributed by atoms with Gasteiger partial charge in [0.2, 0.25) is 0 Å². The van der Waals surface area contributed by atoms with Gasteiger partial charge in [0.15, 0.2) is 6.61 Å². The molecule has 0 unspecified atom stereocenters. The van der Waals surface area contributed by atoms with E-state index in [1.54, 1.807) is 13.0 Å². The van der Waals surface area contributed by atoms with Crippen LogP contribution in [0.15, 0.2) is 45.6 Å². The summed E-state index contributed by atoms with van der Waals surface area (Å²) in [4.78, 5) is 23.7. The second kappa shape index (κ2) is 7.22. The van der Waals surface area contributed by atoms with Crippen LogP contribution in [0.5, 0.6) is 5.75 Å². The van der Waals surface area contributed by atoms with E-state index in [2.05, 4.69) is 5.32 Å². The maximum absolute atomic E-state index is 12.1. The molecule has 26 heavy (non-hydrogen) atoms. The first-order valence-electron chi connectivity index (χ1n) is 8.07. The number of anilines is 1. The molecular weight excluding hydrogens is 354 g/mol. The molecule has 0 saturated carbocycles. The Morgan fingerprint density at radius 1 is 1.08 bits per heavy atom. The van der Waals surface area contributed by atoms with Gasteiger partial charge in [0.05, 0.1) is 5.02 Å². The Morgan fingerprint density at radius 3 is 2.46 bits per heavy atom. The predicted molar refractivity (Wildman–Crippen MR) is 102 cm³/mol. The van der Waals surface area contributed by atoms with Gasteiger partial charge in [0.1, 0.15) is 11.3 Å². The van der Waals surface area contributed by atoms with E-state index in [1.165, 1.54) is 12.1 Å². The van der Waals surface area contributed by atoms with Gasteiger partial charge >= 0.3 is 5.63 Å². The van der Waals surface area contributed by atoms with E-state index in [0.29, 0.717) is 16.3 Å². The monoisotopic (exact) mass is 371 g/mol. The molecule has 0 radical (unpaired) electrons. The van der Waals surface area contributed by atoms with Gasteiger partial charge in [-0.15, -0.1) is 0 Å². The van der Waals surface area contributed by atoms with Crippen LogP contribution in [0.3, 0.4) is 0 Å². The summed E-state index contributed by atoms with van der Waals surface area (Å²) in [6, 6.07) is 10.4. The van der Waals surface area contributed by atoms with Crippen LogP contribution in [0.25, 0.3) is 11.0 Å². The Hall–Kier alpha value is -2.79. The fraction of sp³-hybridized carbons (Fsp3) is 0.200. The third-order valence-electron chi connectivity index (χ3n) is 3.87. The van der Waals surface area contributed by atoms with Crippen LogP contribution < -0.4 is 15.7 Å². The molecule has 0 spiro atoms. The van der Waals surface area contributed by atoms with Gasteiger partial charge in [0, 0.05) is 23.2 Å². The van der Waals surface area contributed by atoms with Crippen LogP contribution in [0.1, 0.15) is 16.7 Å². The fourth-order valence-corrected chi connectivity index (χ4v) is 3.04. The number of hydrogen-bond donors (Lipinski definition) is 1. The second-order valence-corrected chi connectivity index (χ2v) is 6.65. The fourth-order valence-electron chi connectivity index (χ4n) is 2.82. The number of nitrogens with one attached hydrogen (secondary N) is 1. The van der Waals surface area contributed by atoms with Crippen molar-refractivity contribution in [3.05, 3.63) is 68.5 Å². The van der Waals surface area contributed by atoms with Gasteiger partial charge in [-0.3, -0.25) is 4.79 Å². The van der Waals surface area contributed by atoms with Gasteiger partial charge in [-0.2, -0.15) is 0 Å². The summed E-state index contributed by atoms with van der Waals surface area (Å²) in [5, 5.41) is 3.85. The summed E-state index contributed by atoms with van der Waals surface area (Å²) < 4.78 is 10.7. The Kier molecular flexibility index (Phi) is 5.00. The summed E-state index contributed by atoms with van der Waals surface area (Å²) >= 11 is 6.22. The van der Waals surface area contributed by atoms with E-state index in [9.17, 15) is 9.59 Å². The third kappa shape index (κ3) is 4.06. The molecule has 1 heterocycles. The highest BCUT2D eigenvalue weighted by Crippen LogP contribution is 2.31. The molecule has 0 bridgehead atoms. The highest BCUT2D eigenvalue weighted by Gasteiger charge is 2.11. The number of amides is 1. The lowest BCUT2D eigenvalue weighted by Crippen LogP contribution is -2.20. The van der Waals surface area contributed by atoms with Crippen LogP contribution in [0.4, 0.5) is 5.69 Å². The average molecular weight is 372 g/mol. The number of hydrogen-bond acceptors (Lipinski definition) is 4. The molecule has 0 atom stereocenters. The summed E-state index contributed by atoms with van der Waals surface area (Å²) in [6.45, 7) is 5.51. The molecule has 1 amide bonds. The maximum Gasteiger partial charge on any atom is 0.336 e. The molecule has 0 aliphatic carbocycles. The minimum Gasteiger partial charge on any atom is -0.482 e. The average Bonchev–Trinajstić information content (AvgIpc) is 2.52. The van der Waals surface area contributed by atoms with Gasteiger partial charge in [-0.05, 0) is 55.7 Å². The van der Waals surface area contributed by atoms with Gasteiger partial charge in [0.25, 0.3) is 5.91 Å². The molecular formula is C20H18ClNO4. The summed E-state index contributed by atoms with van der Waals surface area (Å²) in [7, 11) is 0. The quantitative estimate of drug-likeness (QED) is 0.690. The zero-order valence-corrected chi connectivity index (χ0v) is 15.4. The van der Waals surface area contributed by atoms with Crippen LogP contribution in [0, 0.1) is 20.8 Å². The molecule has 3 rings (SSSR count). The smallest absolute Gasteiger partial charge is 0.336 e. The van der Waals surface area contributed by atoms with Crippen LogP contribution in [-0.2, 0) is 4.79 Å². The van der Waals surface area contributed by atoms with E-state index < -0.39 is 5.63 Å². The first-order valence-corrected chi connectivity index (χ1v) is 8.44. The van der Waals surface area contributed by atoms with E-state index in [0.717, 1.165) is 22.1 Å². The minimum atomic E-state index is -0.448. The Balaban J connectivity index is 1.75. The number of benzene rings is 2. The molecule has 2 aromatic carbocycles. The summed E-state index contributed by atoms with van der Waals surface area (Å²) in [5.41, 5.74) is 3.51. The molecule has 6 heteroatoms. The molecule has 0 aliphatic heterocycles. The van der Waals surface area contributed by atoms with Crippen molar-refractivity contribution in [2.45, 2.75) is 20.8 Å². The van der Waals surface area contributed by atoms with E-state index in [1.807, 2.05) is 32.0 Å². The van der Waals surface area contributed by atoms with E-state index >= 15 is 0 Å². The van der Waals surface area contributed by atoms with E-state index in [-0.39, 0.29) is 18.3 Å². The summed E-state index contributed by atoms with van der Waals surface area (Å²) in [5.74, 6) is -0.0275. The van der Waals surface area contributed by atoms with Crippen molar-refractivity contribution in [3.63, 3.8) is 0 Å². The minimum absolute atomic E-state index is 0.214. The lowest BCUT2D eigenvalue weighted by atomic mass is 10.1. The number of halogens is 1. The lowest BCUT2D eigenvalue weighted by Gasteiger charge is -2.11. The number of rotatable bonds is 4. The number of carbonyl (C=O) groups excluding carboxylic acids is 1. The van der Waals surface area contributed by atoms with Crippen molar-refractivity contribution < 1.29 is 13.9 Å². The molecule has 134 valence electrons. The number of aryl methyl sites for hydroxylation is 3. The van der Waals surface area contributed by atoms with E-state index in [4.69, 9.17) is 20.8 Å². The molecule has 0 saturated heterocycles. The Labute approximate surface area is 155 Å². The summed E-state index contributed by atoms with van der Waals surface area (Å²) in [6.07, 6.45) is 0. The van der Waals surface area contributed by atoms with Crippen molar-refractivity contribution >= 4 is 34.2 Å². The van der Waals surface area contributed by atoms with Crippen LogP contribution in [0.2, 0.25) is 5.02 Å². The molecule has 0 aliphatic rings. The van der Waals surface area contributed by atoms with Gasteiger partial charge in [-0.25, -0.2) is 4.79 Å². The number of fused-ring (bicyclic) bond motifs is 1. The predicted octanol–water partition coefficient (Wildman–Crippen LogP) is 4.39. The first kappa shape index (κ1) is 18.0. The number of ether oxygens (including phenoxy) is 1. The van der Waals surface area contributed by atoms with Crippen molar-refractivity contribution in [2.75, 3.05) is 11.9 Å². The zero-order chi connectivity index (χ0) is 18.8. The topological polar surface area (TPSA) is 68.5 Å². The van der Waals surface area contributed by atoms with Gasteiger partial charge in [-0.1, -0.05) is 17.7 Å². The Bertz CT molecular complexity index is 1040. The van der Waals surface area contributed by atoms with Crippen molar-refractivity contribution in [3.8, 4) is 5.75 Å². The normalized spacial score (nSPS) is 10.8. The van der Waals surface area contributed by atoms with Crippen molar-refractivity contribution in [1.82, 2.24) is 0 Å².